The summed E-state index contributed by atoms with van der Waals surface area (Å²) in [5, 5.41) is 3.59. The van der Waals surface area contributed by atoms with E-state index in [9.17, 15) is 9.59 Å². The molecule has 2 amide bonds. The normalized spacial score (nSPS) is 19.3. The molecule has 0 aromatic carbocycles. The Kier molecular flexibility index (Phi) is 15.9. The molecule has 1 aliphatic rings. The average Bonchev–Trinajstić information content (AvgIpc) is 2.68. The van der Waals surface area contributed by atoms with Gasteiger partial charge in [0.15, 0.2) is 0 Å². The first-order valence-electron chi connectivity index (χ1n) is 10.8. The van der Waals surface area contributed by atoms with Crippen LogP contribution >= 0.6 is 0 Å². The number of rotatable bonds is 12. The van der Waals surface area contributed by atoms with E-state index in [1.54, 1.807) is 13.0 Å². The van der Waals surface area contributed by atoms with Gasteiger partial charge < -0.3 is 5.32 Å². The number of hydrogen-bond donors (Lipinski definition) is 1. The van der Waals surface area contributed by atoms with E-state index >= 15 is 0 Å². The largest absolute Gasteiger partial charge is 0.316 e. The van der Waals surface area contributed by atoms with Gasteiger partial charge in [-0.2, -0.15) is 0 Å². The van der Waals surface area contributed by atoms with E-state index in [1.807, 2.05) is 13.8 Å². The first-order chi connectivity index (χ1) is 13.1. The van der Waals surface area contributed by atoms with Gasteiger partial charge in [0, 0.05) is 6.54 Å². The van der Waals surface area contributed by atoms with E-state index in [1.165, 1.54) is 48.7 Å². The number of nitrogens with one attached hydrogen (secondary N) is 1. The molecule has 0 aliphatic heterocycles. The van der Waals surface area contributed by atoms with Crippen LogP contribution in [0.5, 0.6) is 0 Å². The van der Waals surface area contributed by atoms with Gasteiger partial charge in [0.2, 0.25) is 6.41 Å². The van der Waals surface area contributed by atoms with Crippen molar-refractivity contribution >= 4 is 12.3 Å². The smallest absolute Gasteiger partial charge is 0.252 e. The van der Waals surface area contributed by atoms with Crippen LogP contribution in [-0.2, 0) is 9.59 Å². The van der Waals surface area contributed by atoms with Gasteiger partial charge in [0.05, 0.1) is 0 Å². The van der Waals surface area contributed by atoms with Crippen molar-refractivity contribution in [3.63, 3.8) is 0 Å². The second-order valence-corrected chi connectivity index (χ2v) is 7.45. The second kappa shape index (κ2) is 16.7. The maximum Gasteiger partial charge on any atom is 0.252 e. The van der Waals surface area contributed by atoms with Crippen LogP contribution in [0.15, 0.2) is 24.3 Å². The zero-order valence-electron chi connectivity index (χ0n) is 18.1. The van der Waals surface area contributed by atoms with E-state index in [0.29, 0.717) is 18.9 Å². The van der Waals surface area contributed by atoms with Crippen molar-refractivity contribution in [3.8, 4) is 0 Å². The van der Waals surface area contributed by atoms with Gasteiger partial charge in [0.1, 0.15) is 0 Å². The van der Waals surface area contributed by atoms with Crippen LogP contribution in [-0.4, -0.2) is 36.9 Å². The lowest BCUT2D eigenvalue weighted by atomic mass is 9.81. The minimum Gasteiger partial charge on any atom is -0.316 e. The molecule has 0 heterocycles. The topological polar surface area (TPSA) is 49.4 Å². The third-order valence-electron chi connectivity index (χ3n) is 5.03. The Morgan fingerprint density at radius 3 is 2.30 bits per heavy atom. The maximum absolute atomic E-state index is 11.8. The lowest BCUT2D eigenvalue weighted by molar-refractivity contribution is -0.135. The predicted octanol–water partition coefficient (Wildman–Crippen LogP) is 5.11. The predicted molar refractivity (Wildman–Crippen MR) is 116 cm³/mol. The number of amides is 2. The number of allylic oxidation sites excluding steroid dienone is 2. The summed E-state index contributed by atoms with van der Waals surface area (Å²) in [6.07, 6.45) is 13.3. The monoisotopic (exact) mass is 378 g/mol. The van der Waals surface area contributed by atoms with Gasteiger partial charge >= 0.3 is 0 Å². The van der Waals surface area contributed by atoms with Crippen LogP contribution in [0.4, 0.5) is 0 Å². The fourth-order valence-corrected chi connectivity index (χ4v) is 3.48. The van der Waals surface area contributed by atoms with E-state index in [0.717, 1.165) is 38.3 Å². The van der Waals surface area contributed by atoms with Crippen LogP contribution in [0.2, 0.25) is 0 Å². The quantitative estimate of drug-likeness (QED) is 0.222. The van der Waals surface area contributed by atoms with Crippen LogP contribution in [0.1, 0.15) is 79.1 Å². The van der Waals surface area contributed by atoms with E-state index < -0.39 is 0 Å². The molecule has 0 radical (unpaired) electrons. The maximum atomic E-state index is 11.8. The summed E-state index contributed by atoms with van der Waals surface area (Å²) < 4.78 is 0. The summed E-state index contributed by atoms with van der Waals surface area (Å²) >= 11 is 0. The Hall–Kier alpha value is -1.42. The summed E-state index contributed by atoms with van der Waals surface area (Å²) in [5.41, 5.74) is 1.28. The first kappa shape index (κ1) is 25.6. The van der Waals surface area contributed by atoms with Crippen molar-refractivity contribution in [2.45, 2.75) is 79.1 Å². The molecule has 0 spiro atoms. The van der Waals surface area contributed by atoms with Gasteiger partial charge in [-0.1, -0.05) is 31.9 Å². The number of imide groups is 1. The lowest BCUT2D eigenvalue weighted by Gasteiger charge is -2.30. The Labute approximate surface area is 167 Å². The molecule has 1 saturated carbocycles. The molecule has 0 atom stereocenters. The number of carbonyl (C=O) groups is 2. The SMILES string of the molecule is C=C(C)CCCCCNCC1CCC(CN(C=O)C(=O)/C=C\C)CC1.CC. The van der Waals surface area contributed by atoms with Crippen LogP contribution in [0.25, 0.3) is 0 Å². The van der Waals surface area contributed by atoms with Gasteiger partial charge in [-0.15, -0.1) is 6.58 Å². The minimum atomic E-state index is -0.201. The lowest BCUT2D eigenvalue weighted by Crippen LogP contribution is -2.35. The summed E-state index contributed by atoms with van der Waals surface area (Å²) in [4.78, 5) is 24.2. The average molecular weight is 379 g/mol. The molecule has 27 heavy (non-hydrogen) atoms. The molecule has 4 heteroatoms. The van der Waals surface area contributed by atoms with Crippen LogP contribution < -0.4 is 5.32 Å². The van der Waals surface area contributed by atoms with Gasteiger partial charge in [-0.05, 0) is 89.8 Å². The number of hydrogen-bond acceptors (Lipinski definition) is 3. The highest BCUT2D eigenvalue weighted by atomic mass is 16.2. The number of carbonyl (C=O) groups excluding carboxylic acids is 2. The molecule has 1 fully saturated rings. The van der Waals surface area contributed by atoms with Gasteiger partial charge in [-0.3, -0.25) is 14.5 Å². The number of unbranched alkanes of at least 4 members (excludes halogenated alkanes) is 2. The standard InChI is InChI=1S/C21H36N2O2.C2H6/c1-4-8-21(25)23(17-24)16-20-12-10-19(11-13-20)15-22-14-7-5-6-9-18(2)3;1-2/h4,8,17,19-20,22H,2,5-7,9-16H2,1,3H3;1-2H3/b8-4-;. The third kappa shape index (κ3) is 12.6. The summed E-state index contributed by atoms with van der Waals surface area (Å²) in [7, 11) is 0. The second-order valence-electron chi connectivity index (χ2n) is 7.45. The van der Waals surface area contributed by atoms with E-state index in [-0.39, 0.29) is 5.91 Å². The zero-order chi connectivity index (χ0) is 20.5. The Morgan fingerprint density at radius 1 is 1.11 bits per heavy atom. The van der Waals surface area contributed by atoms with Gasteiger partial charge in [0.25, 0.3) is 5.91 Å². The molecule has 1 aliphatic carbocycles. The fraction of sp³-hybridized carbons (Fsp3) is 0.739. The van der Waals surface area contributed by atoms with Crippen molar-refractivity contribution in [2.75, 3.05) is 19.6 Å². The molecule has 1 N–H and O–H groups in total. The highest BCUT2D eigenvalue weighted by molar-refractivity contribution is 5.94. The van der Waals surface area contributed by atoms with E-state index in [4.69, 9.17) is 0 Å². The molecule has 0 aromatic heterocycles. The van der Waals surface area contributed by atoms with Crippen LogP contribution in [0.3, 0.4) is 0 Å². The number of nitrogens with zero attached hydrogens (tertiary/aromatic N) is 1. The highest BCUT2D eigenvalue weighted by Crippen LogP contribution is 2.28. The van der Waals surface area contributed by atoms with Crippen molar-refractivity contribution in [1.82, 2.24) is 10.2 Å². The van der Waals surface area contributed by atoms with Crippen molar-refractivity contribution in [1.29, 1.82) is 0 Å². The Balaban J connectivity index is 0.00000326. The minimum absolute atomic E-state index is 0.201. The Bertz CT molecular complexity index is 438. The molecule has 156 valence electrons. The van der Waals surface area contributed by atoms with Crippen molar-refractivity contribution in [3.05, 3.63) is 24.3 Å². The van der Waals surface area contributed by atoms with Crippen molar-refractivity contribution < 1.29 is 9.59 Å². The van der Waals surface area contributed by atoms with Crippen LogP contribution in [0, 0.1) is 11.8 Å². The van der Waals surface area contributed by atoms with Crippen molar-refractivity contribution in [2.24, 2.45) is 11.8 Å². The molecule has 0 unspecified atom stereocenters. The molecule has 4 nitrogen and oxygen atoms in total. The molecule has 0 bridgehead atoms. The van der Waals surface area contributed by atoms with Gasteiger partial charge in [-0.25, -0.2) is 0 Å². The highest BCUT2D eigenvalue weighted by Gasteiger charge is 2.23. The summed E-state index contributed by atoms with van der Waals surface area (Å²) in [6.45, 7) is 14.6. The summed E-state index contributed by atoms with van der Waals surface area (Å²) in [6, 6.07) is 0. The molecule has 0 saturated heterocycles. The Morgan fingerprint density at radius 2 is 1.74 bits per heavy atom. The molecule has 1 rings (SSSR count). The first-order valence-corrected chi connectivity index (χ1v) is 10.8. The van der Waals surface area contributed by atoms with E-state index in [2.05, 4.69) is 18.8 Å². The molecular formula is C23H42N2O2. The molecular weight excluding hydrogens is 336 g/mol. The fourth-order valence-electron chi connectivity index (χ4n) is 3.48. The zero-order valence-corrected chi connectivity index (χ0v) is 18.1. The third-order valence-corrected chi connectivity index (χ3v) is 5.03. The molecule has 0 aromatic rings. The summed E-state index contributed by atoms with van der Waals surface area (Å²) in [5.74, 6) is 0.994.